The van der Waals surface area contributed by atoms with Crippen LogP contribution in [-0.2, 0) is 4.74 Å². The fourth-order valence-electron chi connectivity index (χ4n) is 3.16. The van der Waals surface area contributed by atoms with E-state index in [1.165, 1.54) is 25.8 Å². The van der Waals surface area contributed by atoms with Gasteiger partial charge in [-0.2, -0.15) is 0 Å². The zero-order chi connectivity index (χ0) is 10.7. The number of likely N-dealkylation sites (tertiary alicyclic amines) is 1. The molecular weight excluding hydrogens is 188 g/mol. The van der Waals surface area contributed by atoms with E-state index in [9.17, 15) is 0 Å². The third-order valence-corrected chi connectivity index (χ3v) is 4.22. The van der Waals surface area contributed by atoms with Crippen molar-refractivity contribution in [2.75, 3.05) is 26.3 Å². The largest absolute Gasteiger partial charge is 0.381 e. The minimum absolute atomic E-state index is 0.248. The molecule has 0 radical (unpaired) electrons. The topological polar surface area (TPSA) is 38.5 Å². The molecule has 2 rings (SSSR count). The molecule has 3 nitrogen and oxygen atoms in total. The van der Waals surface area contributed by atoms with Crippen LogP contribution >= 0.6 is 0 Å². The summed E-state index contributed by atoms with van der Waals surface area (Å²) in [6.07, 6.45) is 6.30. The maximum Gasteiger partial charge on any atom is 0.0484 e. The van der Waals surface area contributed by atoms with Gasteiger partial charge < -0.3 is 10.5 Å². The first kappa shape index (κ1) is 11.4. The SMILES string of the molecule is CC1CCCCN1C1(CN)CCOCC1. The average Bonchev–Trinajstić information content (AvgIpc) is 2.30. The van der Waals surface area contributed by atoms with Gasteiger partial charge in [-0.05, 0) is 39.2 Å². The summed E-state index contributed by atoms with van der Waals surface area (Å²) >= 11 is 0. The van der Waals surface area contributed by atoms with Gasteiger partial charge in [0, 0.05) is 31.3 Å². The van der Waals surface area contributed by atoms with Crippen LogP contribution in [0.25, 0.3) is 0 Å². The Morgan fingerprint density at radius 1 is 1.33 bits per heavy atom. The van der Waals surface area contributed by atoms with Crippen LogP contribution < -0.4 is 5.73 Å². The van der Waals surface area contributed by atoms with Gasteiger partial charge in [0.05, 0.1) is 0 Å². The average molecular weight is 212 g/mol. The summed E-state index contributed by atoms with van der Waals surface area (Å²) in [7, 11) is 0. The molecule has 0 amide bonds. The van der Waals surface area contributed by atoms with Gasteiger partial charge in [-0.3, -0.25) is 4.90 Å². The molecule has 0 spiro atoms. The number of hydrogen-bond donors (Lipinski definition) is 1. The highest BCUT2D eigenvalue weighted by Crippen LogP contribution is 2.32. The van der Waals surface area contributed by atoms with Crippen molar-refractivity contribution in [1.29, 1.82) is 0 Å². The standard InChI is InChI=1S/C12H24N2O/c1-11-4-2-3-7-14(11)12(10-13)5-8-15-9-6-12/h11H,2-10,13H2,1H3. The summed E-state index contributed by atoms with van der Waals surface area (Å²) in [4.78, 5) is 2.67. The molecule has 2 saturated heterocycles. The third-order valence-electron chi connectivity index (χ3n) is 4.22. The first-order valence-electron chi connectivity index (χ1n) is 6.33. The zero-order valence-electron chi connectivity index (χ0n) is 9.87. The molecule has 2 N–H and O–H groups in total. The third kappa shape index (κ3) is 2.19. The minimum atomic E-state index is 0.248. The zero-order valence-corrected chi connectivity index (χ0v) is 9.87. The Kier molecular flexibility index (Phi) is 3.65. The molecule has 1 atom stereocenters. The van der Waals surface area contributed by atoms with Crippen LogP contribution in [0, 0.1) is 0 Å². The van der Waals surface area contributed by atoms with Crippen LogP contribution in [0.3, 0.4) is 0 Å². The quantitative estimate of drug-likeness (QED) is 0.751. The van der Waals surface area contributed by atoms with Crippen molar-refractivity contribution in [3.63, 3.8) is 0 Å². The molecule has 0 aromatic carbocycles. The van der Waals surface area contributed by atoms with Crippen molar-refractivity contribution < 1.29 is 4.74 Å². The fourth-order valence-corrected chi connectivity index (χ4v) is 3.16. The van der Waals surface area contributed by atoms with Crippen LogP contribution in [-0.4, -0.2) is 42.8 Å². The predicted octanol–water partition coefficient (Wildman–Crippen LogP) is 1.37. The highest BCUT2D eigenvalue weighted by atomic mass is 16.5. The van der Waals surface area contributed by atoms with Gasteiger partial charge in [-0.25, -0.2) is 0 Å². The highest BCUT2D eigenvalue weighted by molar-refractivity contribution is 4.96. The number of piperidine rings is 1. The molecule has 0 aliphatic carbocycles. The van der Waals surface area contributed by atoms with Crippen LogP contribution in [0.15, 0.2) is 0 Å². The van der Waals surface area contributed by atoms with E-state index in [1.807, 2.05) is 0 Å². The van der Waals surface area contributed by atoms with E-state index in [0.717, 1.165) is 32.6 Å². The van der Waals surface area contributed by atoms with Gasteiger partial charge in [0.2, 0.25) is 0 Å². The summed E-state index contributed by atoms with van der Waals surface area (Å²) in [5, 5.41) is 0. The lowest BCUT2D eigenvalue weighted by molar-refractivity contribution is -0.0510. The monoisotopic (exact) mass is 212 g/mol. The van der Waals surface area contributed by atoms with E-state index < -0.39 is 0 Å². The molecule has 0 aromatic heterocycles. The smallest absolute Gasteiger partial charge is 0.0484 e. The van der Waals surface area contributed by atoms with E-state index in [-0.39, 0.29) is 5.54 Å². The number of rotatable bonds is 2. The molecule has 15 heavy (non-hydrogen) atoms. The molecule has 2 aliphatic heterocycles. The molecule has 3 heteroatoms. The van der Waals surface area contributed by atoms with Crippen molar-refractivity contribution in [2.45, 2.75) is 50.6 Å². The van der Waals surface area contributed by atoms with Crippen LogP contribution in [0.4, 0.5) is 0 Å². The van der Waals surface area contributed by atoms with Crippen molar-refractivity contribution in [3.8, 4) is 0 Å². The molecule has 0 aromatic rings. The molecule has 0 saturated carbocycles. The van der Waals surface area contributed by atoms with Crippen LogP contribution in [0.2, 0.25) is 0 Å². The minimum Gasteiger partial charge on any atom is -0.381 e. The number of nitrogens with zero attached hydrogens (tertiary/aromatic N) is 1. The Balaban J connectivity index is 2.08. The lowest BCUT2D eigenvalue weighted by Crippen LogP contribution is -2.60. The van der Waals surface area contributed by atoms with Crippen LogP contribution in [0.5, 0.6) is 0 Å². The van der Waals surface area contributed by atoms with Crippen molar-refractivity contribution in [2.24, 2.45) is 5.73 Å². The second-order valence-corrected chi connectivity index (χ2v) is 5.08. The van der Waals surface area contributed by atoms with Gasteiger partial charge in [-0.15, -0.1) is 0 Å². The molecule has 0 bridgehead atoms. The summed E-state index contributed by atoms with van der Waals surface area (Å²) in [6, 6.07) is 0.709. The summed E-state index contributed by atoms with van der Waals surface area (Å²) in [5.74, 6) is 0. The summed E-state index contributed by atoms with van der Waals surface area (Å²) in [5.41, 5.74) is 6.28. The first-order chi connectivity index (χ1) is 7.28. The molecule has 1 unspecified atom stereocenters. The van der Waals surface area contributed by atoms with Gasteiger partial charge in [0.25, 0.3) is 0 Å². The number of ether oxygens (including phenoxy) is 1. The van der Waals surface area contributed by atoms with E-state index >= 15 is 0 Å². The second kappa shape index (κ2) is 4.81. The molecule has 2 fully saturated rings. The van der Waals surface area contributed by atoms with Crippen molar-refractivity contribution in [3.05, 3.63) is 0 Å². The molecule has 2 heterocycles. The fraction of sp³-hybridized carbons (Fsp3) is 1.00. The lowest BCUT2D eigenvalue weighted by atomic mass is 9.84. The highest BCUT2D eigenvalue weighted by Gasteiger charge is 2.40. The van der Waals surface area contributed by atoms with E-state index in [0.29, 0.717) is 6.04 Å². The van der Waals surface area contributed by atoms with E-state index in [2.05, 4.69) is 11.8 Å². The Morgan fingerprint density at radius 3 is 2.67 bits per heavy atom. The number of nitrogens with two attached hydrogens (primary N) is 1. The predicted molar refractivity (Wildman–Crippen MR) is 61.9 cm³/mol. The van der Waals surface area contributed by atoms with E-state index in [4.69, 9.17) is 10.5 Å². The molecule has 88 valence electrons. The van der Waals surface area contributed by atoms with Gasteiger partial charge >= 0.3 is 0 Å². The van der Waals surface area contributed by atoms with Gasteiger partial charge in [-0.1, -0.05) is 6.42 Å². The Morgan fingerprint density at radius 2 is 2.07 bits per heavy atom. The normalized spacial score (nSPS) is 32.8. The van der Waals surface area contributed by atoms with E-state index in [1.54, 1.807) is 0 Å². The summed E-state index contributed by atoms with van der Waals surface area (Å²) < 4.78 is 5.47. The first-order valence-corrected chi connectivity index (χ1v) is 6.33. The van der Waals surface area contributed by atoms with Crippen molar-refractivity contribution in [1.82, 2.24) is 4.90 Å². The molecular formula is C12H24N2O. The summed E-state index contributed by atoms with van der Waals surface area (Å²) in [6.45, 7) is 6.16. The number of hydrogen-bond acceptors (Lipinski definition) is 3. The van der Waals surface area contributed by atoms with Gasteiger partial charge in [0.15, 0.2) is 0 Å². The Hall–Kier alpha value is -0.120. The second-order valence-electron chi connectivity index (χ2n) is 5.08. The van der Waals surface area contributed by atoms with Crippen LogP contribution in [0.1, 0.15) is 39.0 Å². The Bertz CT molecular complexity index is 202. The van der Waals surface area contributed by atoms with Crippen molar-refractivity contribution >= 4 is 0 Å². The lowest BCUT2D eigenvalue weighted by Gasteiger charge is -2.50. The Labute approximate surface area is 93.0 Å². The maximum atomic E-state index is 6.03. The maximum absolute atomic E-state index is 6.03. The van der Waals surface area contributed by atoms with Gasteiger partial charge in [0.1, 0.15) is 0 Å². The molecule has 2 aliphatic rings.